The summed E-state index contributed by atoms with van der Waals surface area (Å²) in [6.45, 7) is 9.18. The Hall–Kier alpha value is -11.6. The highest BCUT2D eigenvalue weighted by molar-refractivity contribution is 5.94. The van der Waals surface area contributed by atoms with Crippen LogP contribution in [0.15, 0.2) is 170 Å². The Balaban J connectivity index is 0.000000184. The van der Waals surface area contributed by atoms with Gasteiger partial charge >= 0.3 is 47.8 Å². The zero-order valence-corrected chi connectivity index (χ0v) is 86.5. The summed E-state index contributed by atoms with van der Waals surface area (Å²) in [4.78, 5) is 96.4. The molecule has 0 aromatic heterocycles. The van der Waals surface area contributed by atoms with E-state index < -0.39 is 47.8 Å². The summed E-state index contributed by atoms with van der Waals surface area (Å²) in [6, 6.07) is 35.6. The molecule has 0 atom stereocenters. The monoisotopic (exact) mass is 1980 g/mol. The number of hydrogen-bond donors (Lipinski definition) is 8. The lowest BCUT2D eigenvalue weighted by molar-refractivity contribution is -0.146. The highest BCUT2D eigenvalue weighted by atomic mass is 16.6. The molecule has 0 bridgehead atoms. The molecule has 8 aliphatic rings. The first-order valence-electron chi connectivity index (χ1n) is 54.7. The maximum atomic E-state index is 12.3. The molecular formula is C120H168N8O16. The van der Waals surface area contributed by atoms with E-state index in [0.717, 1.165) is 171 Å². The molecule has 24 nitrogen and oxygen atoms in total. The number of anilines is 8. The van der Waals surface area contributed by atoms with Crippen LogP contribution >= 0.6 is 0 Å². The Bertz CT molecular complexity index is 5080. The van der Waals surface area contributed by atoms with E-state index in [4.69, 9.17) is 83.8 Å². The number of carbonyl (C=O) groups is 8. The number of ether oxygens (including phenoxy) is 8. The molecule has 6 aromatic rings. The molecule has 0 saturated heterocycles. The molecule has 8 saturated carbocycles. The van der Waals surface area contributed by atoms with E-state index in [2.05, 4.69) is 39.8 Å². The van der Waals surface area contributed by atoms with Gasteiger partial charge in [-0.2, -0.15) is 0 Å². The number of benzene rings is 6. The standard InChI is InChI=1S/C34H46N2O4.C32H48N2O4.C28H36N2O4.C26H38N2O4/c1-2-3-4-5-24-6-8-25(9-7-24)26-10-12-27(13-11-26)28-15-18-31(19-16-28)40-34(38)21-20-33(37)39-23-29-14-17-30(35)22-32(29)36;1-2-3-22-4-6-23(7-5-22)24-8-10-25(11-9-24)26-13-16-29(17-14-26)38-32(36)19-18-31(35)37-21-27-12-15-28(33)20-30(27)34;1-2-3-4-5-20-6-8-21(9-7-20)22-11-14-25(15-12-22)34-28(32)17-16-27(31)33-19-23-10-13-24(29)18-26(23)30;1-2-3-18-4-6-19(7-5-18)20-9-12-23(13-10-20)32-26(30)15-14-25(29)31-17-21-8-11-22(27)16-24(21)28/h14-22,24-27H,2-13,23,35-36H2,1H3;12,15,18-20,22-26,29H,2-11,13-14,16-17,21,33-34H2,1H3;10-18,20-21H,2-9,19,29-30H2,1H3;8,11,14-16,18-20,23H,2-7,9-10,12-13,17,27-28H2,1H3/b21-20-;19-18-;17-16-;15-14-. The Morgan fingerprint density at radius 2 is 0.465 bits per heavy atom. The Labute approximate surface area is 857 Å². The van der Waals surface area contributed by atoms with Crippen LogP contribution in [-0.2, 0) is 93.2 Å². The highest BCUT2D eigenvalue weighted by Gasteiger charge is 2.38. The van der Waals surface area contributed by atoms with Gasteiger partial charge in [-0.1, -0.05) is 192 Å². The second kappa shape index (κ2) is 60.4. The smallest absolute Gasteiger partial charge is 0.336 e. The predicted octanol–water partition coefficient (Wildman–Crippen LogP) is 25.8. The number of hydrogen-bond acceptors (Lipinski definition) is 24. The van der Waals surface area contributed by atoms with Crippen LogP contribution in [0, 0.1) is 71.0 Å². The van der Waals surface area contributed by atoms with Crippen LogP contribution in [0.1, 0.15) is 355 Å². The van der Waals surface area contributed by atoms with Gasteiger partial charge in [-0.25, -0.2) is 38.4 Å². The van der Waals surface area contributed by atoms with Crippen LogP contribution in [-0.4, -0.2) is 60.0 Å². The molecule has 6 aromatic carbocycles. The van der Waals surface area contributed by atoms with Crippen LogP contribution in [0.2, 0.25) is 0 Å². The molecule has 0 amide bonds. The summed E-state index contributed by atoms with van der Waals surface area (Å²) < 4.78 is 42.4. The normalized spacial score (nSPS) is 24.4. The summed E-state index contributed by atoms with van der Waals surface area (Å²) in [5.41, 5.74) is 55.3. The van der Waals surface area contributed by atoms with Crippen LogP contribution in [0.5, 0.6) is 11.5 Å². The third-order valence-electron chi connectivity index (χ3n) is 32.3. The van der Waals surface area contributed by atoms with Crippen LogP contribution < -0.4 is 55.3 Å². The number of nitrogen functional groups attached to an aromatic ring is 8. The molecule has 0 heterocycles. The average Bonchev–Trinajstić information content (AvgIpc) is 0.787. The molecule has 0 radical (unpaired) electrons. The van der Waals surface area contributed by atoms with Crippen molar-refractivity contribution in [1.82, 2.24) is 0 Å². The SMILES string of the molecule is CCCC1CCC(C2CCC(C3CCC(OC(=O)/C=C\C(=O)OCc4ccc(N)cc4N)CC3)CC2)CC1.CCCC1CCC(C2CCC(OC(=O)/C=C\C(=O)OCc3ccc(N)cc3N)CC2)CC1.CCCCCC1CCC(C2CCC(c3ccc(OC(=O)/C=C\C(=O)OCc4ccc(N)cc4N)cc3)CC2)CC1.CCCCCC1CCC(c2ccc(OC(=O)/C=C\C(=O)OCc3ccc(N)cc3N)cc2)CC1. The van der Waals surface area contributed by atoms with Crippen molar-refractivity contribution in [2.45, 2.75) is 361 Å². The quantitative estimate of drug-likeness (QED) is 0.00446. The van der Waals surface area contributed by atoms with Crippen LogP contribution in [0.25, 0.3) is 0 Å². The molecule has 0 unspecified atom stereocenters. The maximum absolute atomic E-state index is 12.3. The minimum absolute atomic E-state index is 0.00600. The van der Waals surface area contributed by atoms with E-state index in [1.807, 2.05) is 36.4 Å². The van der Waals surface area contributed by atoms with E-state index in [-0.39, 0.29) is 38.6 Å². The van der Waals surface area contributed by atoms with Crippen molar-refractivity contribution in [2.24, 2.45) is 71.0 Å². The molecule has 14 rings (SSSR count). The molecular weight excluding hydrogens is 1810 g/mol. The number of nitrogens with two attached hydrogens (primary N) is 8. The van der Waals surface area contributed by atoms with Crippen molar-refractivity contribution >= 4 is 93.3 Å². The van der Waals surface area contributed by atoms with Crippen molar-refractivity contribution in [3.8, 4) is 11.5 Å². The first kappa shape index (κ1) is 113. The largest absolute Gasteiger partial charge is 0.459 e. The summed E-state index contributed by atoms with van der Waals surface area (Å²) in [7, 11) is 0. The number of carbonyl (C=O) groups excluding carboxylic acids is 8. The average molecular weight is 1980 g/mol. The molecule has 8 aliphatic carbocycles. The van der Waals surface area contributed by atoms with Gasteiger partial charge in [0.15, 0.2) is 0 Å². The topological polar surface area (TPSA) is 419 Å². The fraction of sp³-hybridized carbons (Fsp3) is 0.567. The van der Waals surface area contributed by atoms with Crippen molar-refractivity contribution in [3.63, 3.8) is 0 Å². The number of esters is 8. The Morgan fingerprint density at radius 3 is 0.722 bits per heavy atom. The van der Waals surface area contributed by atoms with Crippen molar-refractivity contribution in [2.75, 3.05) is 45.9 Å². The van der Waals surface area contributed by atoms with Gasteiger partial charge in [-0.15, -0.1) is 0 Å². The maximum Gasteiger partial charge on any atom is 0.336 e. The van der Waals surface area contributed by atoms with Crippen LogP contribution in [0.3, 0.4) is 0 Å². The minimum Gasteiger partial charge on any atom is -0.459 e. The van der Waals surface area contributed by atoms with Crippen molar-refractivity contribution in [1.29, 1.82) is 0 Å². The Morgan fingerprint density at radius 1 is 0.243 bits per heavy atom. The third kappa shape index (κ3) is 39.1. The van der Waals surface area contributed by atoms with E-state index in [1.165, 1.54) is 242 Å². The Kier molecular flexibility index (Phi) is 47.3. The lowest BCUT2D eigenvalue weighted by Crippen LogP contribution is -2.31. The van der Waals surface area contributed by atoms with Gasteiger partial charge in [0.1, 0.15) is 50.1 Å². The van der Waals surface area contributed by atoms with Crippen molar-refractivity contribution < 1.29 is 76.3 Å². The fourth-order valence-electron chi connectivity index (χ4n) is 23.8. The minimum atomic E-state index is -0.659. The molecule has 0 spiro atoms. The summed E-state index contributed by atoms with van der Waals surface area (Å²) >= 11 is 0. The van der Waals surface area contributed by atoms with E-state index in [1.54, 1.807) is 72.8 Å². The van der Waals surface area contributed by atoms with Gasteiger partial charge in [0, 0.05) is 116 Å². The first-order valence-corrected chi connectivity index (χ1v) is 54.7. The lowest BCUT2D eigenvalue weighted by atomic mass is 9.65. The van der Waals surface area contributed by atoms with Crippen LogP contribution in [0.4, 0.5) is 45.5 Å². The molecule has 144 heavy (non-hydrogen) atoms. The zero-order valence-electron chi connectivity index (χ0n) is 86.5. The summed E-state index contributed by atoms with van der Waals surface area (Å²) in [5, 5.41) is 0. The second-order valence-corrected chi connectivity index (χ2v) is 42.4. The molecule has 784 valence electrons. The van der Waals surface area contributed by atoms with Crippen molar-refractivity contribution in [3.05, 3.63) is 203 Å². The first-order chi connectivity index (χ1) is 69.7. The van der Waals surface area contributed by atoms with E-state index >= 15 is 0 Å². The van der Waals surface area contributed by atoms with Gasteiger partial charge in [0.05, 0.1) is 0 Å². The van der Waals surface area contributed by atoms with E-state index in [9.17, 15) is 38.4 Å². The van der Waals surface area contributed by atoms with Gasteiger partial charge in [-0.05, 0) is 334 Å². The van der Waals surface area contributed by atoms with Gasteiger partial charge in [0.2, 0.25) is 0 Å². The predicted molar refractivity (Wildman–Crippen MR) is 574 cm³/mol. The fourth-order valence-corrected chi connectivity index (χ4v) is 23.8. The molecule has 8 fully saturated rings. The number of unbranched alkanes of at least 4 members (excludes halogenated alkanes) is 4. The molecule has 0 aliphatic heterocycles. The lowest BCUT2D eigenvalue weighted by Gasteiger charge is -2.41. The number of rotatable bonds is 38. The summed E-state index contributed by atoms with van der Waals surface area (Å²) in [5.74, 6) is 8.17. The zero-order chi connectivity index (χ0) is 102. The van der Waals surface area contributed by atoms with E-state index in [0.29, 0.717) is 91.1 Å². The third-order valence-corrected chi connectivity index (χ3v) is 32.3. The second-order valence-electron chi connectivity index (χ2n) is 42.4. The van der Waals surface area contributed by atoms with Gasteiger partial charge in [-0.3, -0.25) is 0 Å². The van der Waals surface area contributed by atoms with Gasteiger partial charge in [0.25, 0.3) is 0 Å². The van der Waals surface area contributed by atoms with Gasteiger partial charge < -0.3 is 83.8 Å². The highest BCUT2D eigenvalue weighted by Crippen LogP contribution is 2.49. The summed E-state index contributed by atoms with van der Waals surface area (Å²) in [6.07, 6.45) is 66.3. The molecule has 16 N–H and O–H groups in total. The molecule has 24 heteroatoms.